The van der Waals surface area contributed by atoms with E-state index in [0.29, 0.717) is 11.7 Å². The van der Waals surface area contributed by atoms with E-state index in [9.17, 15) is 4.79 Å². The summed E-state index contributed by atoms with van der Waals surface area (Å²) < 4.78 is 1.07. The molecule has 4 atom stereocenters. The zero-order chi connectivity index (χ0) is 14.1. The Morgan fingerprint density at radius 3 is 2.33 bits per heavy atom. The van der Waals surface area contributed by atoms with E-state index >= 15 is 0 Å². The summed E-state index contributed by atoms with van der Waals surface area (Å²) in [6, 6.07) is 12.3. The van der Waals surface area contributed by atoms with Gasteiger partial charge in [-0.2, -0.15) is 0 Å². The minimum Gasteiger partial charge on any atom is -0.294 e. The lowest BCUT2D eigenvalue weighted by Gasteiger charge is -2.11. The summed E-state index contributed by atoms with van der Waals surface area (Å²) in [5.41, 5.74) is 0.938. The van der Waals surface area contributed by atoms with Crippen molar-refractivity contribution in [1.29, 1.82) is 0 Å². The molecule has 4 unspecified atom stereocenters. The van der Waals surface area contributed by atoms with Crippen molar-refractivity contribution < 1.29 is 4.79 Å². The van der Waals surface area contributed by atoms with E-state index in [4.69, 9.17) is 0 Å². The number of ketones is 1. The van der Waals surface area contributed by atoms with Crippen molar-refractivity contribution >= 4 is 32.5 Å². The molecule has 3 fully saturated rings. The van der Waals surface area contributed by atoms with Gasteiger partial charge in [-0.05, 0) is 65.8 Å². The fraction of sp³-hybridized carbons (Fsp3) is 0.421. The molecule has 2 aromatic carbocycles. The van der Waals surface area contributed by atoms with Gasteiger partial charge in [0.2, 0.25) is 0 Å². The van der Waals surface area contributed by atoms with Crippen LogP contribution < -0.4 is 0 Å². The number of Topliss-reactive ketones (excluding diaryl/α,β-unsaturated/α-hetero) is 1. The molecule has 0 N–H and O–H groups in total. The first-order valence-electron chi connectivity index (χ1n) is 7.97. The average molecular weight is 341 g/mol. The molecule has 2 aromatic rings. The lowest BCUT2D eigenvalue weighted by Crippen LogP contribution is -2.10. The molecule has 0 radical (unpaired) electrons. The number of hydrogen-bond donors (Lipinski definition) is 0. The Hall–Kier alpha value is -1.15. The first-order valence-corrected chi connectivity index (χ1v) is 8.76. The van der Waals surface area contributed by atoms with Crippen LogP contribution in [0.5, 0.6) is 0 Å². The molecule has 1 nitrogen and oxygen atoms in total. The summed E-state index contributed by atoms with van der Waals surface area (Å²) in [6.07, 6.45) is 4.15. The molecular weight excluding hydrogens is 324 g/mol. The summed E-state index contributed by atoms with van der Waals surface area (Å²) in [5.74, 6) is 3.90. The molecule has 0 aromatic heterocycles. The van der Waals surface area contributed by atoms with Crippen molar-refractivity contribution in [3.05, 3.63) is 46.4 Å². The summed E-state index contributed by atoms with van der Waals surface area (Å²) in [4.78, 5) is 13.0. The van der Waals surface area contributed by atoms with Gasteiger partial charge in [-0.1, -0.05) is 40.2 Å². The van der Waals surface area contributed by atoms with E-state index in [2.05, 4.69) is 28.1 Å². The van der Waals surface area contributed by atoms with Crippen molar-refractivity contribution in [3.63, 3.8) is 0 Å². The van der Waals surface area contributed by atoms with Gasteiger partial charge < -0.3 is 0 Å². The molecule has 5 rings (SSSR count). The highest BCUT2D eigenvalue weighted by atomic mass is 79.9. The standard InChI is InChI=1S/C19H17BrO/c20-15-8-7-14(12-3-1-2-4-13(12)15)19(21)18-16-10-5-6-11(9-10)17(16)18/h1-4,7-8,10-11,16-18H,5-6,9H2. The van der Waals surface area contributed by atoms with Gasteiger partial charge in [-0.25, -0.2) is 0 Å². The molecule has 0 amide bonds. The van der Waals surface area contributed by atoms with E-state index in [0.717, 1.165) is 44.5 Å². The van der Waals surface area contributed by atoms with E-state index < -0.39 is 0 Å². The maximum Gasteiger partial charge on any atom is 0.167 e. The third-order valence-electron chi connectivity index (χ3n) is 6.17. The number of benzene rings is 2. The van der Waals surface area contributed by atoms with Crippen molar-refractivity contribution in [3.8, 4) is 0 Å². The van der Waals surface area contributed by atoms with Gasteiger partial charge in [-0.3, -0.25) is 4.79 Å². The van der Waals surface area contributed by atoms with Crippen molar-refractivity contribution in [2.24, 2.45) is 29.6 Å². The Labute approximate surface area is 132 Å². The molecule has 3 saturated carbocycles. The summed E-state index contributed by atoms with van der Waals surface area (Å²) in [7, 11) is 0. The van der Waals surface area contributed by atoms with Crippen LogP contribution in [0.3, 0.4) is 0 Å². The van der Waals surface area contributed by atoms with E-state index in [-0.39, 0.29) is 0 Å². The SMILES string of the molecule is O=C(c1ccc(Br)c2ccccc12)C1C2C3CCC(C3)C12. The fourth-order valence-electron chi connectivity index (χ4n) is 5.33. The second-order valence-electron chi connectivity index (χ2n) is 7.02. The van der Waals surface area contributed by atoms with Gasteiger partial charge in [0, 0.05) is 16.0 Å². The Bertz CT molecular complexity index is 749. The molecule has 2 heteroatoms. The van der Waals surface area contributed by atoms with Gasteiger partial charge in [-0.15, -0.1) is 0 Å². The largest absolute Gasteiger partial charge is 0.294 e. The van der Waals surface area contributed by atoms with E-state index in [1.807, 2.05) is 24.3 Å². The summed E-state index contributed by atoms with van der Waals surface area (Å²) in [5, 5.41) is 2.26. The van der Waals surface area contributed by atoms with Crippen molar-refractivity contribution in [2.75, 3.05) is 0 Å². The van der Waals surface area contributed by atoms with Crippen LogP contribution in [0.1, 0.15) is 29.6 Å². The van der Waals surface area contributed by atoms with Crippen LogP contribution in [0.15, 0.2) is 40.9 Å². The molecular formula is C19H17BrO. The second-order valence-corrected chi connectivity index (χ2v) is 7.87. The number of carbonyl (C=O) groups is 1. The normalized spacial score (nSPS) is 36.0. The molecule has 2 bridgehead atoms. The molecule has 3 aliphatic rings. The smallest absolute Gasteiger partial charge is 0.167 e. The van der Waals surface area contributed by atoms with Crippen LogP contribution in [0.2, 0.25) is 0 Å². The third kappa shape index (κ3) is 1.60. The predicted molar refractivity (Wildman–Crippen MR) is 87.3 cm³/mol. The Balaban J connectivity index is 1.57. The van der Waals surface area contributed by atoms with Crippen LogP contribution >= 0.6 is 15.9 Å². The monoisotopic (exact) mass is 340 g/mol. The van der Waals surface area contributed by atoms with Crippen molar-refractivity contribution in [2.45, 2.75) is 19.3 Å². The fourth-order valence-corrected chi connectivity index (χ4v) is 5.81. The number of carbonyl (C=O) groups excluding carboxylic acids is 1. The Morgan fingerprint density at radius 1 is 0.952 bits per heavy atom. The number of halogens is 1. The van der Waals surface area contributed by atoms with Crippen LogP contribution in [0.4, 0.5) is 0 Å². The quantitative estimate of drug-likeness (QED) is 0.697. The van der Waals surface area contributed by atoms with Gasteiger partial charge in [0.25, 0.3) is 0 Å². The molecule has 0 aliphatic heterocycles. The lowest BCUT2D eigenvalue weighted by atomic mass is 9.93. The van der Waals surface area contributed by atoms with Gasteiger partial charge >= 0.3 is 0 Å². The van der Waals surface area contributed by atoms with Crippen molar-refractivity contribution in [1.82, 2.24) is 0 Å². The lowest BCUT2D eigenvalue weighted by molar-refractivity contribution is 0.0946. The highest BCUT2D eigenvalue weighted by molar-refractivity contribution is 9.10. The van der Waals surface area contributed by atoms with Gasteiger partial charge in [0.1, 0.15) is 0 Å². The van der Waals surface area contributed by atoms with Crippen LogP contribution in [0.25, 0.3) is 10.8 Å². The first-order chi connectivity index (χ1) is 10.3. The second kappa shape index (κ2) is 4.19. The van der Waals surface area contributed by atoms with Crippen LogP contribution in [-0.2, 0) is 0 Å². The molecule has 21 heavy (non-hydrogen) atoms. The van der Waals surface area contributed by atoms with E-state index in [1.165, 1.54) is 19.3 Å². The average Bonchev–Trinajstić information content (AvgIpc) is 2.95. The highest BCUT2D eigenvalue weighted by Crippen LogP contribution is 2.70. The minimum atomic E-state index is 0.334. The predicted octanol–water partition coefficient (Wildman–Crippen LogP) is 5.08. The number of rotatable bonds is 2. The number of fused-ring (bicyclic) bond motifs is 6. The molecule has 0 saturated heterocycles. The highest BCUT2D eigenvalue weighted by Gasteiger charge is 2.67. The number of hydrogen-bond acceptors (Lipinski definition) is 1. The third-order valence-corrected chi connectivity index (χ3v) is 6.87. The minimum absolute atomic E-state index is 0.334. The molecule has 106 valence electrons. The zero-order valence-corrected chi connectivity index (χ0v) is 13.3. The molecule has 3 aliphatic carbocycles. The van der Waals surface area contributed by atoms with Gasteiger partial charge in [0.15, 0.2) is 5.78 Å². The Kier molecular flexibility index (Phi) is 2.48. The molecule has 0 heterocycles. The summed E-state index contributed by atoms with van der Waals surface area (Å²) in [6.45, 7) is 0. The van der Waals surface area contributed by atoms with Crippen LogP contribution in [-0.4, -0.2) is 5.78 Å². The maximum atomic E-state index is 13.0. The zero-order valence-electron chi connectivity index (χ0n) is 11.8. The molecule has 0 spiro atoms. The van der Waals surface area contributed by atoms with E-state index in [1.54, 1.807) is 0 Å². The maximum absolute atomic E-state index is 13.0. The first kappa shape index (κ1) is 12.4. The van der Waals surface area contributed by atoms with Crippen LogP contribution in [0, 0.1) is 29.6 Å². The van der Waals surface area contributed by atoms with Gasteiger partial charge in [0.05, 0.1) is 0 Å². The topological polar surface area (TPSA) is 17.1 Å². The summed E-state index contributed by atoms with van der Waals surface area (Å²) >= 11 is 3.60. The Morgan fingerprint density at radius 2 is 1.62 bits per heavy atom.